The van der Waals surface area contributed by atoms with Gasteiger partial charge in [-0.05, 0) is 18.6 Å². The Bertz CT molecular complexity index is 498. The predicted octanol–water partition coefficient (Wildman–Crippen LogP) is 1.77. The third kappa shape index (κ3) is 5.81. The van der Waals surface area contributed by atoms with Crippen LogP contribution >= 0.6 is 22.9 Å². The first kappa shape index (κ1) is 15.4. The molecule has 8 heteroatoms. The second-order valence-corrected chi connectivity index (χ2v) is 7.25. The van der Waals surface area contributed by atoms with Gasteiger partial charge in [0.1, 0.15) is 0 Å². The molecule has 0 radical (unpaired) electrons. The number of carbonyl (C=O) groups is 1. The van der Waals surface area contributed by atoms with E-state index in [1.807, 2.05) is 0 Å². The van der Waals surface area contributed by atoms with Crippen LogP contribution in [-0.2, 0) is 26.1 Å². The summed E-state index contributed by atoms with van der Waals surface area (Å²) in [5, 5.41) is 0. The van der Waals surface area contributed by atoms with Crippen LogP contribution in [0.4, 0.5) is 0 Å². The van der Waals surface area contributed by atoms with E-state index in [1.165, 1.54) is 18.4 Å². The maximum Gasteiger partial charge on any atom is 0.305 e. The van der Waals surface area contributed by atoms with Gasteiger partial charge in [0.05, 0.1) is 17.2 Å². The van der Waals surface area contributed by atoms with Crippen LogP contribution in [0.2, 0.25) is 4.34 Å². The number of thiophene rings is 1. The van der Waals surface area contributed by atoms with E-state index in [4.69, 9.17) is 11.6 Å². The fourth-order valence-electron chi connectivity index (χ4n) is 1.21. The molecule has 18 heavy (non-hydrogen) atoms. The SMILES string of the molecule is COC(=O)CCCS(=O)(=O)NCc1ccc(Cl)s1. The van der Waals surface area contributed by atoms with Crippen molar-refractivity contribution in [1.82, 2.24) is 4.72 Å². The van der Waals surface area contributed by atoms with Gasteiger partial charge in [0.25, 0.3) is 0 Å². The number of esters is 1. The molecule has 102 valence electrons. The van der Waals surface area contributed by atoms with E-state index in [0.29, 0.717) is 4.34 Å². The van der Waals surface area contributed by atoms with Gasteiger partial charge in [-0.15, -0.1) is 11.3 Å². The van der Waals surface area contributed by atoms with Gasteiger partial charge in [-0.1, -0.05) is 11.6 Å². The van der Waals surface area contributed by atoms with Crippen molar-refractivity contribution in [2.24, 2.45) is 0 Å². The number of nitrogens with one attached hydrogen (secondary N) is 1. The summed E-state index contributed by atoms with van der Waals surface area (Å²) >= 11 is 7.06. The molecule has 1 aromatic heterocycles. The van der Waals surface area contributed by atoms with Crippen molar-refractivity contribution in [3.05, 3.63) is 21.3 Å². The molecular formula is C10H14ClNO4S2. The van der Waals surface area contributed by atoms with Crippen molar-refractivity contribution in [1.29, 1.82) is 0 Å². The molecule has 0 unspecified atom stereocenters. The molecule has 0 saturated carbocycles. The minimum Gasteiger partial charge on any atom is -0.469 e. The van der Waals surface area contributed by atoms with E-state index in [1.54, 1.807) is 12.1 Å². The molecule has 1 aromatic rings. The molecule has 1 rings (SSSR count). The fourth-order valence-corrected chi connectivity index (χ4v) is 3.37. The predicted molar refractivity (Wildman–Crippen MR) is 71.2 cm³/mol. The lowest BCUT2D eigenvalue weighted by atomic mass is 10.3. The molecule has 0 aliphatic heterocycles. The summed E-state index contributed by atoms with van der Waals surface area (Å²) < 4.78 is 30.7. The Labute approximate surface area is 115 Å². The topological polar surface area (TPSA) is 72.5 Å². The molecule has 0 aliphatic carbocycles. The zero-order valence-corrected chi connectivity index (χ0v) is 12.2. The van der Waals surface area contributed by atoms with Gasteiger partial charge in [0.2, 0.25) is 10.0 Å². The van der Waals surface area contributed by atoms with Crippen LogP contribution in [0.15, 0.2) is 12.1 Å². The van der Waals surface area contributed by atoms with E-state index in [9.17, 15) is 13.2 Å². The minimum atomic E-state index is -3.37. The fraction of sp³-hybridized carbons (Fsp3) is 0.500. The Morgan fingerprint density at radius 2 is 2.22 bits per heavy atom. The number of hydrogen-bond acceptors (Lipinski definition) is 5. The van der Waals surface area contributed by atoms with Crippen molar-refractivity contribution < 1.29 is 17.9 Å². The zero-order chi connectivity index (χ0) is 13.6. The summed E-state index contributed by atoms with van der Waals surface area (Å²) in [6.45, 7) is 0.220. The molecule has 0 fully saturated rings. The lowest BCUT2D eigenvalue weighted by molar-refractivity contribution is -0.140. The van der Waals surface area contributed by atoms with Gasteiger partial charge in [-0.2, -0.15) is 0 Å². The Hall–Kier alpha value is -0.630. The van der Waals surface area contributed by atoms with Crippen LogP contribution in [0.1, 0.15) is 17.7 Å². The minimum absolute atomic E-state index is 0.0960. The molecule has 0 spiro atoms. The maximum atomic E-state index is 11.6. The highest BCUT2D eigenvalue weighted by Gasteiger charge is 2.12. The van der Waals surface area contributed by atoms with Crippen LogP contribution < -0.4 is 4.72 Å². The molecule has 0 aliphatic rings. The molecule has 1 heterocycles. The van der Waals surface area contributed by atoms with E-state index >= 15 is 0 Å². The van der Waals surface area contributed by atoms with Crippen molar-refractivity contribution in [2.45, 2.75) is 19.4 Å². The van der Waals surface area contributed by atoms with E-state index in [2.05, 4.69) is 9.46 Å². The Morgan fingerprint density at radius 3 is 2.78 bits per heavy atom. The molecule has 0 aromatic carbocycles. The lowest BCUT2D eigenvalue weighted by Gasteiger charge is -2.04. The summed E-state index contributed by atoms with van der Waals surface area (Å²) in [4.78, 5) is 11.7. The standard InChI is InChI=1S/C10H14ClNO4S2/c1-16-10(13)3-2-6-18(14,15)12-7-8-4-5-9(11)17-8/h4-5,12H,2-3,6-7H2,1H3. The van der Waals surface area contributed by atoms with Crippen LogP contribution in [-0.4, -0.2) is 27.2 Å². The monoisotopic (exact) mass is 311 g/mol. The average molecular weight is 312 g/mol. The van der Waals surface area contributed by atoms with Gasteiger partial charge in [-0.3, -0.25) is 4.79 Å². The van der Waals surface area contributed by atoms with E-state index in [0.717, 1.165) is 4.88 Å². The number of carbonyl (C=O) groups excluding carboxylic acids is 1. The van der Waals surface area contributed by atoms with Crippen molar-refractivity contribution >= 4 is 38.9 Å². The second kappa shape index (κ2) is 7.08. The quantitative estimate of drug-likeness (QED) is 0.779. The molecular weight excluding hydrogens is 298 g/mol. The van der Waals surface area contributed by atoms with Gasteiger partial charge >= 0.3 is 5.97 Å². The van der Waals surface area contributed by atoms with Crippen LogP contribution in [0, 0.1) is 0 Å². The largest absolute Gasteiger partial charge is 0.469 e. The smallest absolute Gasteiger partial charge is 0.305 e. The lowest BCUT2D eigenvalue weighted by Crippen LogP contribution is -2.26. The molecule has 1 N–H and O–H groups in total. The number of hydrogen-bond donors (Lipinski definition) is 1. The number of rotatable bonds is 7. The number of halogens is 1. The zero-order valence-electron chi connectivity index (χ0n) is 9.81. The first-order valence-corrected chi connectivity index (χ1v) is 8.06. The van der Waals surface area contributed by atoms with Crippen molar-refractivity contribution in [2.75, 3.05) is 12.9 Å². The Kier molecular flexibility index (Phi) is 6.07. The first-order valence-electron chi connectivity index (χ1n) is 5.21. The summed E-state index contributed by atoms with van der Waals surface area (Å²) in [6, 6.07) is 3.48. The summed E-state index contributed by atoms with van der Waals surface area (Å²) in [7, 11) is -2.10. The van der Waals surface area contributed by atoms with Gasteiger partial charge in [0.15, 0.2) is 0 Å². The van der Waals surface area contributed by atoms with Crippen LogP contribution in [0.25, 0.3) is 0 Å². The number of ether oxygens (including phenoxy) is 1. The summed E-state index contributed by atoms with van der Waals surface area (Å²) in [5.74, 6) is -0.503. The second-order valence-electron chi connectivity index (χ2n) is 3.53. The van der Waals surface area contributed by atoms with Crippen LogP contribution in [0.3, 0.4) is 0 Å². The van der Waals surface area contributed by atoms with Crippen molar-refractivity contribution in [3.63, 3.8) is 0 Å². The maximum absolute atomic E-state index is 11.6. The van der Waals surface area contributed by atoms with Gasteiger partial charge < -0.3 is 4.74 Å². The van der Waals surface area contributed by atoms with Crippen LogP contribution in [0.5, 0.6) is 0 Å². The number of methoxy groups -OCH3 is 1. The molecule has 0 amide bonds. The Morgan fingerprint density at radius 1 is 1.50 bits per heavy atom. The number of sulfonamides is 1. The third-order valence-electron chi connectivity index (χ3n) is 2.12. The highest BCUT2D eigenvalue weighted by Crippen LogP contribution is 2.21. The highest BCUT2D eigenvalue weighted by atomic mass is 35.5. The Balaban J connectivity index is 2.33. The molecule has 0 bridgehead atoms. The molecule has 0 atom stereocenters. The average Bonchev–Trinajstić information content (AvgIpc) is 2.72. The van der Waals surface area contributed by atoms with E-state index in [-0.39, 0.29) is 25.1 Å². The summed E-state index contributed by atoms with van der Waals surface area (Å²) in [5.41, 5.74) is 0. The first-order chi connectivity index (χ1) is 8.43. The normalized spacial score (nSPS) is 11.4. The van der Waals surface area contributed by atoms with Gasteiger partial charge in [0, 0.05) is 17.8 Å². The molecule has 0 saturated heterocycles. The van der Waals surface area contributed by atoms with Gasteiger partial charge in [-0.25, -0.2) is 13.1 Å². The summed E-state index contributed by atoms with van der Waals surface area (Å²) in [6.07, 6.45) is 0.343. The van der Waals surface area contributed by atoms with Crippen molar-refractivity contribution in [3.8, 4) is 0 Å². The highest BCUT2D eigenvalue weighted by molar-refractivity contribution is 7.89. The third-order valence-corrected chi connectivity index (χ3v) is 4.76. The molecule has 5 nitrogen and oxygen atoms in total. The van der Waals surface area contributed by atoms with E-state index < -0.39 is 16.0 Å².